The molecule has 0 heterocycles. The van der Waals surface area contributed by atoms with Crippen molar-refractivity contribution >= 4 is 10.1 Å². The van der Waals surface area contributed by atoms with Crippen LogP contribution in [0, 0.1) is 11.8 Å². The van der Waals surface area contributed by atoms with Crippen LogP contribution in [0.1, 0.15) is 45.4 Å². The van der Waals surface area contributed by atoms with Gasteiger partial charge in [-0.3, -0.25) is 4.18 Å². The van der Waals surface area contributed by atoms with Gasteiger partial charge in [0.25, 0.3) is 10.1 Å². The molecule has 0 rings (SSSR count). The Morgan fingerprint density at radius 2 is 1.63 bits per heavy atom. The number of allylic oxidation sites excluding steroid dienone is 3. The smallest absolute Gasteiger partial charge is 0.264 e. The van der Waals surface area contributed by atoms with E-state index >= 15 is 0 Å². The molecule has 0 atom stereocenters. The number of hydrogen-bond donors (Lipinski definition) is 0. The van der Waals surface area contributed by atoms with Gasteiger partial charge in [0, 0.05) is 12.8 Å². The molecule has 0 saturated heterocycles. The summed E-state index contributed by atoms with van der Waals surface area (Å²) in [5.74, 6) is 6.03. The number of hydrogen-bond acceptors (Lipinski definition) is 3. The van der Waals surface area contributed by atoms with Gasteiger partial charge in [0.05, 0.1) is 12.9 Å². The Labute approximate surface area is 117 Å². The van der Waals surface area contributed by atoms with Crippen molar-refractivity contribution in [1.29, 1.82) is 0 Å². The molecule has 0 saturated carbocycles. The van der Waals surface area contributed by atoms with Crippen molar-refractivity contribution in [2.45, 2.75) is 45.4 Å². The van der Waals surface area contributed by atoms with Gasteiger partial charge in [-0.05, 0) is 12.8 Å². The molecule has 0 aromatic heterocycles. The molecule has 19 heavy (non-hydrogen) atoms. The normalized spacial score (nSPS) is 11.9. The summed E-state index contributed by atoms with van der Waals surface area (Å²) in [4.78, 5) is 0. The molecule has 0 bridgehead atoms. The summed E-state index contributed by atoms with van der Waals surface area (Å²) in [5, 5.41) is 0. The third-order valence-corrected chi connectivity index (χ3v) is 2.82. The van der Waals surface area contributed by atoms with Crippen molar-refractivity contribution in [2.75, 3.05) is 12.9 Å². The fraction of sp³-hybridized carbons (Fsp3) is 0.600. The molecule has 3 nitrogen and oxygen atoms in total. The van der Waals surface area contributed by atoms with Gasteiger partial charge in [0.15, 0.2) is 0 Å². The van der Waals surface area contributed by atoms with E-state index in [0.717, 1.165) is 19.1 Å². The minimum absolute atomic E-state index is 0.0812. The van der Waals surface area contributed by atoms with Crippen LogP contribution in [0.2, 0.25) is 0 Å². The standard InChI is InChI=1S/C15H24O3S/c1-3-4-5-6-7-8-9-10-11-12-13-14-15-18-19(2,16)17/h7-8,13-14H,3-6,9,12,15H2,1-2H3/b8-7-,14-13-. The van der Waals surface area contributed by atoms with Crippen molar-refractivity contribution < 1.29 is 12.6 Å². The molecule has 0 aromatic rings. The van der Waals surface area contributed by atoms with E-state index in [1.165, 1.54) is 19.3 Å². The molecular formula is C15H24O3S. The third kappa shape index (κ3) is 16.9. The quantitative estimate of drug-likeness (QED) is 0.282. The second kappa shape index (κ2) is 12.0. The monoisotopic (exact) mass is 284 g/mol. The van der Waals surface area contributed by atoms with Gasteiger partial charge in [0.1, 0.15) is 0 Å². The van der Waals surface area contributed by atoms with Gasteiger partial charge in [0.2, 0.25) is 0 Å². The van der Waals surface area contributed by atoms with E-state index in [4.69, 9.17) is 0 Å². The van der Waals surface area contributed by atoms with E-state index in [1.807, 2.05) is 6.08 Å². The molecule has 0 aliphatic carbocycles. The molecule has 108 valence electrons. The summed E-state index contributed by atoms with van der Waals surface area (Å²) >= 11 is 0. The van der Waals surface area contributed by atoms with E-state index < -0.39 is 10.1 Å². The average molecular weight is 284 g/mol. The Bertz CT molecular complexity index is 422. The summed E-state index contributed by atoms with van der Waals surface area (Å²) in [7, 11) is -3.34. The maximum Gasteiger partial charge on any atom is 0.264 e. The average Bonchev–Trinajstić information content (AvgIpc) is 2.34. The topological polar surface area (TPSA) is 43.4 Å². The Hall–Kier alpha value is -1.05. The molecule has 0 aliphatic heterocycles. The van der Waals surface area contributed by atoms with Gasteiger partial charge < -0.3 is 0 Å². The maximum absolute atomic E-state index is 10.6. The van der Waals surface area contributed by atoms with Crippen LogP contribution in [0.5, 0.6) is 0 Å². The van der Waals surface area contributed by atoms with Crippen LogP contribution in [-0.2, 0) is 14.3 Å². The Morgan fingerprint density at radius 1 is 1.00 bits per heavy atom. The maximum atomic E-state index is 10.6. The summed E-state index contributed by atoms with van der Waals surface area (Å²) in [6, 6.07) is 0. The Kier molecular flexibility index (Phi) is 11.3. The van der Waals surface area contributed by atoms with Crippen LogP contribution in [-0.4, -0.2) is 21.3 Å². The molecule has 4 heteroatoms. The van der Waals surface area contributed by atoms with Crippen LogP contribution in [0.3, 0.4) is 0 Å². The van der Waals surface area contributed by atoms with E-state index in [-0.39, 0.29) is 6.61 Å². The van der Waals surface area contributed by atoms with Crippen molar-refractivity contribution in [3.8, 4) is 11.8 Å². The molecule has 0 amide bonds. The minimum Gasteiger partial charge on any atom is -0.266 e. The number of rotatable bonds is 9. The van der Waals surface area contributed by atoms with E-state index in [1.54, 1.807) is 6.08 Å². The van der Waals surface area contributed by atoms with E-state index in [2.05, 4.69) is 35.1 Å². The van der Waals surface area contributed by atoms with Crippen LogP contribution in [0.25, 0.3) is 0 Å². The lowest BCUT2D eigenvalue weighted by atomic mass is 10.2. The van der Waals surface area contributed by atoms with Crippen LogP contribution in [0.15, 0.2) is 24.3 Å². The highest BCUT2D eigenvalue weighted by molar-refractivity contribution is 7.85. The summed E-state index contributed by atoms with van der Waals surface area (Å²) < 4.78 is 25.8. The zero-order chi connectivity index (χ0) is 14.4. The Morgan fingerprint density at radius 3 is 2.21 bits per heavy atom. The predicted octanol–water partition coefficient (Wildman–Crippen LogP) is 3.44. The van der Waals surface area contributed by atoms with Gasteiger partial charge in [-0.25, -0.2) is 0 Å². The Balaban J connectivity index is 3.52. The van der Waals surface area contributed by atoms with Gasteiger partial charge >= 0.3 is 0 Å². The van der Waals surface area contributed by atoms with Crippen LogP contribution >= 0.6 is 0 Å². The predicted molar refractivity (Wildman–Crippen MR) is 80.2 cm³/mol. The summed E-state index contributed by atoms with van der Waals surface area (Å²) in [6.45, 7) is 2.28. The largest absolute Gasteiger partial charge is 0.266 e. The highest BCUT2D eigenvalue weighted by atomic mass is 32.2. The van der Waals surface area contributed by atoms with E-state index in [9.17, 15) is 8.42 Å². The van der Waals surface area contributed by atoms with Crippen LogP contribution in [0.4, 0.5) is 0 Å². The SMILES string of the molecule is CCCCC/C=C\CC#CC/C=C\COS(C)(=O)=O. The van der Waals surface area contributed by atoms with Crippen molar-refractivity contribution in [3.05, 3.63) is 24.3 Å². The first kappa shape index (κ1) is 17.9. The third-order valence-electron chi connectivity index (χ3n) is 2.25. The first-order chi connectivity index (χ1) is 9.06. The zero-order valence-corrected chi connectivity index (χ0v) is 12.7. The minimum atomic E-state index is -3.34. The fourth-order valence-corrected chi connectivity index (χ4v) is 1.62. The van der Waals surface area contributed by atoms with Crippen LogP contribution < -0.4 is 0 Å². The molecule has 0 fully saturated rings. The molecule has 0 aromatic carbocycles. The first-order valence-corrected chi connectivity index (χ1v) is 8.48. The lowest BCUT2D eigenvalue weighted by Crippen LogP contribution is -2.01. The lowest BCUT2D eigenvalue weighted by Gasteiger charge is -1.93. The second-order valence-corrected chi connectivity index (χ2v) is 5.83. The lowest BCUT2D eigenvalue weighted by molar-refractivity contribution is 0.361. The second-order valence-electron chi connectivity index (χ2n) is 4.19. The van der Waals surface area contributed by atoms with Gasteiger partial charge in [-0.2, -0.15) is 8.42 Å². The summed E-state index contributed by atoms with van der Waals surface area (Å²) in [6.07, 6.45) is 15.1. The van der Waals surface area contributed by atoms with Crippen molar-refractivity contribution in [2.24, 2.45) is 0 Å². The molecule has 0 aliphatic rings. The highest BCUT2D eigenvalue weighted by Gasteiger charge is 1.96. The van der Waals surface area contributed by atoms with Gasteiger partial charge in [-0.1, -0.05) is 55.9 Å². The highest BCUT2D eigenvalue weighted by Crippen LogP contribution is 1.99. The van der Waals surface area contributed by atoms with Crippen molar-refractivity contribution in [1.82, 2.24) is 0 Å². The molecule has 0 N–H and O–H groups in total. The molecule has 0 spiro atoms. The number of unbranched alkanes of at least 4 members (excludes halogenated alkanes) is 3. The molecule has 0 unspecified atom stereocenters. The fourth-order valence-electron chi connectivity index (χ4n) is 1.29. The van der Waals surface area contributed by atoms with Gasteiger partial charge in [-0.15, -0.1) is 0 Å². The summed E-state index contributed by atoms with van der Waals surface area (Å²) in [5.41, 5.74) is 0. The zero-order valence-electron chi connectivity index (χ0n) is 11.9. The molecular weight excluding hydrogens is 260 g/mol. The van der Waals surface area contributed by atoms with E-state index in [0.29, 0.717) is 6.42 Å². The van der Waals surface area contributed by atoms with Crippen molar-refractivity contribution in [3.63, 3.8) is 0 Å². The molecule has 0 radical (unpaired) electrons. The first-order valence-electron chi connectivity index (χ1n) is 6.66.